The Hall–Kier alpha value is -1.52. The third kappa shape index (κ3) is 1.07. The van der Waals surface area contributed by atoms with E-state index in [0.717, 1.165) is 0 Å². The van der Waals surface area contributed by atoms with Crippen LogP contribution in [0.15, 0.2) is 17.1 Å². The Labute approximate surface area is 57.5 Å². The molecule has 1 aromatic heterocycles. The zero-order chi connectivity index (χ0) is 7.56. The standard InChI is InChI=1S/C5H8N4O/c1-7-9-3-2-4(10)8-5(9)6/h2-3,7H,1H3,(H2,6,8,10). The third-order valence-corrected chi connectivity index (χ3v) is 1.08. The molecular formula is C5H8N4O. The van der Waals surface area contributed by atoms with Gasteiger partial charge < -0.3 is 11.2 Å². The SMILES string of the molecule is CNn1ccc(=O)nc1N. The van der Waals surface area contributed by atoms with Gasteiger partial charge in [-0.05, 0) is 0 Å². The average Bonchev–Trinajstić information content (AvgIpc) is 1.88. The van der Waals surface area contributed by atoms with Crippen LogP contribution in [0.2, 0.25) is 0 Å². The maximum Gasteiger partial charge on any atom is 0.274 e. The van der Waals surface area contributed by atoms with Crippen molar-refractivity contribution in [3.63, 3.8) is 0 Å². The highest BCUT2D eigenvalue weighted by molar-refractivity contribution is 5.16. The van der Waals surface area contributed by atoms with Crippen LogP contribution >= 0.6 is 0 Å². The van der Waals surface area contributed by atoms with Gasteiger partial charge in [-0.15, -0.1) is 0 Å². The van der Waals surface area contributed by atoms with Gasteiger partial charge in [0.25, 0.3) is 5.56 Å². The summed E-state index contributed by atoms with van der Waals surface area (Å²) < 4.78 is 1.45. The summed E-state index contributed by atoms with van der Waals surface area (Å²) in [5.74, 6) is 0.162. The summed E-state index contributed by atoms with van der Waals surface area (Å²) in [5, 5.41) is 0. The normalized spacial score (nSPS) is 9.30. The van der Waals surface area contributed by atoms with Crippen LogP contribution < -0.4 is 16.7 Å². The summed E-state index contributed by atoms with van der Waals surface area (Å²) in [6.07, 6.45) is 1.52. The summed E-state index contributed by atoms with van der Waals surface area (Å²) in [6, 6.07) is 1.33. The van der Waals surface area contributed by atoms with Gasteiger partial charge in [0.1, 0.15) is 0 Å². The number of rotatable bonds is 1. The van der Waals surface area contributed by atoms with Gasteiger partial charge in [-0.25, -0.2) is 4.68 Å². The first-order chi connectivity index (χ1) is 4.74. The number of aromatic nitrogens is 2. The quantitative estimate of drug-likeness (QED) is 0.524. The van der Waals surface area contributed by atoms with E-state index in [4.69, 9.17) is 5.73 Å². The molecule has 5 heteroatoms. The molecule has 3 N–H and O–H groups in total. The lowest BCUT2D eigenvalue weighted by Gasteiger charge is -2.04. The number of nitrogens with one attached hydrogen (secondary N) is 1. The molecule has 1 rings (SSSR count). The van der Waals surface area contributed by atoms with Crippen LogP contribution in [0, 0.1) is 0 Å². The monoisotopic (exact) mass is 140 g/mol. The fourth-order valence-corrected chi connectivity index (χ4v) is 0.608. The number of hydrogen-bond acceptors (Lipinski definition) is 4. The van der Waals surface area contributed by atoms with Crippen molar-refractivity contribution in [3.8, 4) is 0 Å². The van der Waals surface area contributed by atoms with Crippen molar-refractivity contribution in [3.05, 3.63) is 22.6 Å². The smallest absolute Gasteiger partial charge is 0.274 e. The highest BCUT2D eigenvalue weighted by atomic mass is 16.1. The Morgan fingerprint density at radius 2 is 2.50 bits per heavy atom. The van der Waals surface area contributed by atoms with E-state index in [9.17, 15) is 4.79 Å². The summed E-state index contributed by atoms with van der Waals surface area (Å²) in [6.45, 7) is 0. The molecule has 10 heavy (non-hydrogen) atoms. The zero-order valence-electron chi connectivity index (χ0n) is 5.53. The lowest BCUT2D eigenvalue weighted by molar-refractivity contribution is 0.884. The van der Waals surface area contributed by atoms with Crippen molar-refractivity contribution in [2.75, 3.05) is 18.2 Å². The van der Waals surface area contributed by atoms with Crippen molar-refractivity contribution in [2.45, 2.75) is 0 Å². The van der Waals surface area contributed by atoms with E-state index in [1.807, 2.05) is 0 Å². The van der Waals surface area contributed by atoms with Crippen molar-refractivity contribution >= 4 is 5.95 Å². The predicted molar refractivity (Wildman–Crippen MR) is 38.2 cm³/mol. The Kier molecular flexibility index (Phi) is 1.57. The van der Waals surface area contributed by atoms with E-state index in [-0.39, 0.29) is 11.5 Å². The predicted octanol–water partition coefficient (Wildman–Crippen LogP) is -1.00. The number of anilines is 1. The third-order valence-electron chi connectivity index (χ3n) is 1.08. The van der Waals surface area contributed by atoms with E-state index in [1.165, 1.54) is 16.9 Å². The van der Waals surface area contributed by atoms with Crippen molar-refractivity contribution in [1.82, 2.24) is 9.66 Å². The maximum absolute atomic E-state index is 10.5. The largest absolute Gasteiger partial charge is 0.368 e. The van der Waals surface area contributed by atoms with Gasteiger partial charge in [0.05, 0.1) is 0 Å². The van der Waals surface area contributed by atoms with E-state index >= 15 is 0 Å². The van der Waals surface area contributed by atoms with Crippen LogP contribution in [-0.4, -0.2) is 16.7 Å². The van der Waals surface area contributed by atoms with Gasteiger partial charge in [0, 0.05) is 19.3 Å². The minimum Gasteiger partial charge on any atom is -0.368 e. The number of hydrogen-bond donors (Lipinski definition) is 2. The first kappa shape index (κ1) is 6.60. The number of nitrogens with two attached hydrogens (primary N) is 1. The molecule has 54 valence electrons. The molecule has 1 heterocycles. The van der Waals surface area contributed by atoms with Crippen LogP contribution in [0.5, 0.6) is 0 Å². The number of nitrogen functional groups attached to an aromatic ring is 1. The molecule has 0 unspecified atom stereocenters. The van der Waals surface area contributed by atoms with Gasteiger partial charge in [-0.2, -0.15) is 4.98 Å². The lowest BCUT2D eigenvalue weighted by Crippen LogP contribution is -2.20. The highest BCUT2D eigenvalue weighted by Crippen LogP contribution is 1.86. The molecule has 0 spiro atoms. The fourth-order valence-electron chi connectivity index (χ4n) is 0.608. The molecule has 0 saturated heterocycles. The maximum atomic E-state index is 10.5. The summed E-state index contributed by atoms with van der Waals surface area (Å²) >= 11 is 0. The Morgan fingerprint density at radius 1 is 1.80 bits per heavy atom. The average molecular weight is 140 g/mol. The van der Waals surface area contributed by atoms with Crippen LogP contribution in [0.25, 0.3) is 0 Å². The summed E-state index contributed by atoms with van der Waals surface area (Å²) in [7, 11) is 1.68. The molecule has 0 amide bonds. The van der Waals surface area contributed by atoms with Gasteiger partial charge in [0.15, 0.2) is 0 Å². The molecule has 0 aromatic carbocycles. The fraction of sp³-hybridized carbons (Fsp3) is 0.200. The first-order valence-corrected chi connectivity index (χ1v) is 2.77. The second-order valence-corrected chi connectivity index (χ2v) is 1.72. The van der Waals surface area contributed by atoms with Crippen molar-refractivity contribution < 1.29 is 0 Å². The molecule has 1 aromatic rings. The van der Waals surface area contributed by atoms with Crippen LogP contribution in [-0.2, 0) is 0 Å². The molecule has 0 aliphatic rings. The zero-order valence-corrected chi connectivity index (χ0v) is 5.53. The topological polar surface area (TPSA) is 72.9 Å². The van der Waals surface area contributed by atoms with Gasteiger partial charge in [-0.1, -0.05) is 0 Å². The highest BCUT2D eigenvalue weighted by Gasteiger charge is 1.92. The molecule has 0 fully saturated rings. The van der Waals surface area contributed by atoms with E-state index in [1.54, 1.807) is 7.05 Å². The van der Waals surface area contributed by atoms with Gasteiger partial charge in [-0.3, -0.25) is 4.79 Å². The minimum absolute atomic E-state index is 0.162. The van der Waals surface area contributed by atoms with Crippen molar-refractivity contribution in [1.29, 1.82) is 0 Å². The summed E-state index contributed by atoms with van der Waals surface area (Å²) in [4.78, 5) is 14.0. The van der Waals surface area contributed by atoms with E-state index in [0.29, 0.717) is 0 Å². The second kappa shape index (κ2) is 2.38. The molecular weight excluding hydrogens is 132 g/mol. The van der Waals surface area contributed by atoms with E-state index < -0.39 is 0 Å². The molecule has 5 nitrogen and oxygen atoms in total. The minimum atomic E-state index is -0.330. The molecule has 0 bridgehead atoms. The summed E-state index contributed by atoms with van der Waals surface area (Å²) in [5.41, 5.74) is 7.70. The Balaban J connectivity index is 3.19. The van der Waals surface area contributed by atoms with Gasteiger partial charge >= 0.3 is 0 Å². The molecule has 0 saturated carbocycles. The van der Waals surface area contributed by atoms with E-state index in [2.05, 4.69) is 10.4 Å². The lowest BCUT2D eigenvalue weighted by atomic mass is 10.6. The van der Waals surface area contributed by atoms with Crippen LogP contribution in [0.1, 0.15) is 0 Å². The van der Waals surface area contributed by atoms with Crippen LogP contribution in [0.3, 0.4) is 0 Å². The van der Waals surface area contributed by atoms with Gasteiger partial charge in [0.2, 0.25) is 5.95 Å². The molecule has 0 radical (unpaired) electrons. The first-order valence-electron chi connectivity index (χ1n) is 2.77. The Morgan fingerprint density at radius 3 is 3.00 bits per heavy atom. The Bertz CT molecular complexity index is 279. The molecule has 0 atom stereocenters. The van der Waals surface area contributed by atoms with Crippen LogP contribution in [0.4, 0.5) is 5.95 Å². The second-order valence-electron chi connectivity index (χ2n) is 1.72. The number of nitrogens with zero attached hydrogens (tertiary/aromatic N) is 2. The molecule has 0 aliphatic carbocycles. The molecule has 0 aliphatic heterocycles. The van der Waals surface area contributed by atoms with Crippen molar-refractivity contribution in [2.24, 2.45) is 0 Å².